The Kier molecular flexibility index (Phi) is 5.65. The van der Waals surface area contributed by atoms with Gasteiger partial charge in [0.1, 0.15) is 0 Å². The van der Waals surface area contributed by atoms with Crippen LogP contribution in [0.15, 0.2) is 0 Å². The highest BCUT2D eigenvalue weighted by Crippen LogP contribution is 2.20. The van der Waals surface area contributed by atoms with Crippen LogP contribution in [0, 0.1) is 11.8 Å². The third kappa shape index (κ3) is 6.13. The molecule has 0 saturated carbocycles. The van der Waals surface area contributed by atoms with Gasteiger partial charge in [-0.3, -0.25) is 19.2 Å². The Balaban J connectivity index is 4.69. The highest BCUT2D eigenvalue weighted by molar-refractivity contribution is 5.92. The summed E-state index contributed by atoms with van der Waals surface area (Å²) in [6.07, 6.45) is -1.68. The molecule has 0 fully saturated rings. The van der Waals surface area contributed by atoms with Crippen molar-refractivity contribution in [1.82, 2.24) is 0 Å². The van der Waals surface area contributed by atoms with Crippen LogP contribution in [0.2, 0.25) is 0 Å². The molecule has 0 aliphatic heterocycles. The van der Waals surface area contributed by atoms with Crippen LogP contribution < -0.4 is 0 Å². The zero-order valence-electron chi connectivity index (χ0n) is 8.70. The van der Waals surface area contributed by atoms with Gasteiger partial charge in [-0.2, -0.15) is 0 Å². The minimum absolute atomic E-state index is 0.525. The minimum Gasteiger partial charge on any atom is -0.481 e. The van der Waals surface area contributed by atoms with Crippen molar-refractivity contribution in [3.05, 3.63) is 0 Å². The lowest BCUT2D eigenvalue weighted by Gasteiger charge is -2.15. The molecule has 0 spiro atoms. The van der Waals surface area contributed by atoms with E-state index in [4.69, 9.17) is 20.4 Å². The zero-order valence-corrected chi connectivity index (χ0v) is 8.70. The van der Waals surface area contributed by atoms with Crippen molar-refractivity contribution in [2.75, 3.05) is 0 Å². The normalized spacial score (nSPS) is 10.5. The average Bonchev–Trinajstić information content (AvgIpc) is 2.10. The summed E-state index contributed by atoms with van der Waals surface area (Å²) in [6, 6.07) is 0. The van der Waals surface area contributed by atoms with E-state index in [0.717, 1.165) is 0 Å². The summed E-state index contributed by atoms with van der Waals surface area (Å²) in [5, 5.41) is 34.2. The van der Waals surface area contributed by atoms with E-state index in [-0.39, 0.29) is 0 Å². The molecule has 8 nitrogen and oxygen atoms in total. The van der Waals surface area contributed by atoms with Crippen LogP contribution in [0.4, 0.5) is 0 Å². The van der Waals surface area contributed by atoms with Gasteiger partial charge < -0.3 is 20.4 Å². The molecule has 17 heavy (non-hydrogen) atoms. The lowest BCUT2D eigenvalue weighted by atomic mass is 9.89. The van der Waals surface area contributed by atoms with E-state index in [1.807, 2.05) is 0 Å². The molecule has 0 saturated heterocycles. The summed E-state index contributed by atoms with van der Waals surface area (Å²) in [5.41, 5.74) is 0. The van der Waals surface area contributed by atoms with E-state index in [0.29, 0.717) is 0 Å². The predicted octanol–water partition coefficient (Wildman–Crippen LogP) is -0.273. The van der Waals surface area contributed by atoms with Crippen molar-refractivity contribution < 1.29 is 39.6 Å². The summed E-state index contributed by atoms with van der Waals surface area (Å²) in [6.45, 7) is 0. The van der Waals surface area contributed by atoms with Crippen LogP contribution in [0.5, 0.6) is 0 Å². The Morgan fingerprint density at radius 1 is 0.765 bits per heavy atom. The second-order valence-electron chi connectivity index (χ2n) is 3.53. The molecular formula is C9H12O8. The first kappa shape index (κ1) is 14.9. The Morgan fingerprint density at radius 2 is 1.12 bits per heavy atom. The summed E-state index contributed by atoms with van der Waals surface area (Å²) in [5.74, 6) is -8.64. The summed E-state index contributed by atoms with van der Waals surface area (Å²) < 4.78 is 0. The first-order valence-corrected chi connectivity index (χ1v) is 4.63. The average molecular weight is 248 g/mol. The first-order chi connectivity index (χ1) is 7.73. The lowest BCUT2D eigenvalue weighted by Crippen LogP contribution is -2.27. The molecule has 0 unspecified atom stereocenters. The van der Waals surface area contributed by atoms with Crippen molar-refractivity contribution in [3.63, 3.8) is 0 Å². The highest BCUT2D eigenvalue weighted by Gasteiger charge is 2.31. The second-order valence-corrected chi connectivity index (χ2v) is 3.53. The Labute approximate surface area is 95.5 Å². The van der Waals surface area contributed by atoms with Crippen LogP contribution in [-0.2, 0) is 19.2 Å². The van der Waals surface area contributed by atoms with Gasteiger partial charge in [-0.15, -0.1) is 0 Å². The fourth-order valence-electron chi connectivity index (χ4n) is 1.37. The van der Waals surface area contributed by atoms with Gasteiger partial charge in [-0.05, 0) is 12.3 Å². The third-order valence-electron chi connectivity index (χ3n) is 2.09. The molecule has 0 amide bonds. The first-order valence-electron chi connectivity index (χ1n) is 4.63. The van der Waals surface area contributed by atoms with E-state index in [1.165, 1.54) is 0 Å². The highest BCUT2D eigenvalue weighted by atomic mass is 16.4. The Hall–Kier alpha value is -2.12. The third-order valence-corrected chi connectivity index (χ3v) is 2.09. The maximum Gasteiger partial charge on any atom is 0.317 e. The molecule has 0 atom stereocenters. The number of aliphatic carboxylic acids is 4. The molecule has 0 aromatic heterocycles. The molecule has 8 heteroatoms. The van der Waals surface area contributed by atoms with Crippen LogP contribution in [-0.4, -0.2) is 44.3 Å². The van der Waals surface area contributed by atoms with E-state index in [2.05, 4.69) is 0 Å². The lowest BCUT2D eigenvalue weighted by molar-refractivity contribution is -0.157. The quantitative estimate of drug-likeness (QED) is 0.428. The summed E-state index contributed by atoms with van der Waals surface area (Å²) in [7, 11) is 0. The fraction of sp³-hybridized carbons (Fsp3) is 0.556. The van der Waals surface area contributed by atoms with E-state index < -0.39 is 55.0 Å². The number of carboxylic acids is 4. The molecule has 0 aromatic carbocycles. The zero-order chi connectivity index (χ0) is 13.6. The van der Waals surface area contributed by atoms with E-state index >= 15 is 0 Å². The molecule has 0 heterocycles. The molecular weight excluding hydrogens is 236 g/mol. The van der Waals surface area contributed by atoms with E-state index in [1.54, 1.807) is 0 Å². The Morgan fingerprint density at radius 3 is 1.35 bits per heavy atom. The molecule has 0 rings (SSSR count). The topological polar surface area (TPSA) is 149 Å². The smallest absolute Gasteiger partial charge is 0.317 e. The minimum atomic E-state index is -1.79. The van der Waals surface area contributed by atoms with Gasteiger partial charge in [-0.1, -0.05) is 0 Å². The molecule has 0 radical (unpaired) electrons. The fourth-order valence-corrected chi connectivity index (χ4v) is 1.37. The second kappa shape index (κ2) is 6.46. The van der Waals surface area contributed by atoms with Gasteiger partial charge in [-0.25, -0.2) is 0 Å². The maximum absolute atomic E-state index is 10.6. The number of carbonyl (C=O) groups is 4. The number of carboxylic acid groups (broad SMARTS) is 4. The van der Waals surface area contributed by atoms with Crippen molar-refractivity contribution in [2.45, 2.75) is 19.3 Å². The molecule has 4 N–H and O–H groups in total. The monoisotopic (exact) mass is 248 g/mol. The van der Waals surface area contributed by atoms with Crippen molar-refractivity contribution in [2.24, 2.45) is 11.8 Å². The SMILES string of the molecule is O=C(O)CC(CC(=O)O)CC(C(=O)O)C(=O)O. The van der Waals surface area contributed by atoms with Gasteiger partial charge >= 0.3 is 23.9 Å². The maximum atomic E-state index is 10.6. The predicted molar refractivity (Wildman–Crippen MR) is 51.4 cm³/mol. The van der Waals surface area contributed by atoms with Gasteiger partial charge in [0.15, 0.2) is 5.92 Å². The van der Waals surface area contributed by atoms with E-state index in [9.17, 15) is 19.2 Å². The standard InChI is InChI=1S/C9H12O8/c10-6(11)2-4(3-7(12)13)1-5(8(14)15)9(16)17/h4-5H,1-3H2,(H,10,11)(H,12,13)(H,14,15)(H,16,17). The van der Waals surface area contributed by atoms with Gasteiger partial charge in [0.05, 0.1) is 0 Å². The van der Waals surface area contributed by atoms with Gasteiger partial charge in [0, 0.05) is 12.8 Å². The molecule has 0 aliphatic rings. The van der Waals surface area contributed by atoms with Gasteiger partial charge in [0.25, 0.3) is 0 Å². The molecule has 0 aromatic rings. The largest absolute Gasteiger partial charge is 0.481 e. The number of hydrogen-bond donors (Lipinski definition) is 4. The van der Waals surface area contributed by atoms with Crippen LogP contribution >= 0.6 is 0 Å². The molecule has 0 bridgehead atoms. The molecule has 96 valence electrons. The van der Waals surface area contributed by atoms with Gasteiger partial charge in [0.2, 0.25) is 0 Å². The summed E-state index contributed by atoms with van der Waals surface area (Å²) in [4.78, 5) is 42.0. The van der Waals surface area contributed by atoms with Crippen molar-refractivity contribution >= 4 is 23.9 Å². The van der Waals surface area contributed by atoms with Crippen LogP contribution in [0.1, 0.15) is 19.3 Å². The van der Waals surface area contributed by atoms with Crippen LogP contribution in [0.3, 0.4) is 0 Å². The van der Waals surface area contributed by atoms with Crippen molar-refractivity contribution in [1.29, 1.82) is 0 Å². The van der Waals surface area contributed by atoms with Crippen molar-refractivity contribution in [3.8, 4) is 0 Å². The van der Waals surface area contributed by atoms with Crippen LogP contribution in [0.25, 0.3) is 0 Å². The number of hydrogen-bond acceptors (Lipinski definition) is 4. The molecule has 0 aliphatic carbocycles. The summed E-state index contributed by atoms with van der Waals surface area (Å²) >= 11 is 0. The Bertz CT molecular complexity index is 304. The number of rotatable bonds is 8.